The summed E-state index contributed by atoms with van der Waals surface area (Å²) in [7, 11) is 0. The Hall–Kier alpha value is -2.50. The van der Waals surface area contributed by atoms with Crippen LogP contribution in [-0.4, -0.2) is 17.6 Å². The molecular weight excluding hydrogens is 236 g/mol. The summed E-state index contributed by atoms with van der Waals surface area (Å²) in [4.78, 5) is 15.3. The minimum atomic E-state index is -0.205. The van der Waals surface area contributed by atoms with Crippen LogP contribution >= 0.6 is 0 Å². The molecule has 92 valence electrons. The number of fused-ring (bicyclic) bond motifs is 1. The Bertz CT molecular complexity index is 633. The third-order valence-electron chi connectivity index (χ3n) is 2.61. The van der Waals surface area contributed by atoms with E-state index in [0.29, 0.717) is 22.8 Å². The molecule has 1 aromatic carbocycles. The molecule has 18 heavy (non-hydrogen) atoms. The number of oxazole rings is 1. The maximum absolute atomic E-state index is 11.5. The van der Waals surface area contributed by atoms with Crippen LogP contribution in [-0.2, 0) is 0 Å². The Kier molecular flexibility index (Phi) is 2.22. The van der Waals surface area contributed by atoms with Gasteiger partial charge in [0.2, 0.25) is 6.79 Å². The van der Waals surface area contributed by atoms with Crippen molar-refractivity contribution in [2.24, 2.45) is 0 Å². The van der Waals surface area contributed by atoms with Gasteiger partial charge in [0.25, 0.3) is 6.01 Å². The second-order valence-corrected chi connectivity index (χ2v) is 3.85. The highest BCUT2D eigenvalue weighted by molar-refractivity contribution is 5.98. The van der Waals surface area contributed by atoms with Crippen molar-refractivity contribution < 1.29 is 18.7 Å². The van der Waals surface area contributed by atoms with Gasteiger partial charge in [0.05, 0.1) is 0 Å². The molecular formula is C12H10N2O4. The summed E-state index contributed by atoms with van der Waals surface area (Å²) in [5, 5.41) is 0. The van der Waals surface area contributed by atoms with Gasteiger partial charge >= 0.3 is 0 Å². The Labute approximate surface area is 102 Å². The molecule has 0 radical (unpaired) electrons. The van der Waals surface area contributed by atoms with Gasteiger partial charge in [-0.2, -0.15) is 4.98 Å². The van der Waals surface area contributed by atoms with Crippen LogP contribution in [0.4, 0.5) is 6.01 Å². The summed E-state index contributed by atoms with van der Waals surface area (Å²) in [5.74, 6) is 1.41. The van der Waals surface area contributed by atoms with Gasteiger partial charge in [0.1, 0.15) is 0 Å². The van der Waals surface area contributed by atoms with Crippen molar-refractivity contribution in [3.63, 3.8) is 0 Å². The van der Waals surface area contributed by atoms with Crippen molar-refractivity contribution in [2.75, 3.05) is 12.5 Å². The Morgan fingerprint density at radius 2 is 2.11 bits per heavy atom. The molecule has 0 atom stereocenters. The number of rotatable bonds is 2. The van der Waals surface area contributed by atoms with Crippen molar-refractivity contribution in [1.82, 2.24) is 4.98 Å². The number of nitrogen functional groups attached to an aromatic ring is 1. The van der Waals surface area contributed by atoms with Gasteiger partial charge in [-0.1, -0.05) is 0 Å². The summed E-state index contributed by atoms with van der Waals surface area (Å²) in [6.45, 7) is 1.60. The van der Waals surface area contributed by atoms with Crippen LogP contribution in [0.1, 0.15) is 17.4 Å². The van der Waals surface area contributed by atoms with Gasteiger partial charge in [0.15, 0.2) is 28.7 Å². The minimum Gasteiger partial charge on any atom is -0.454 e. The van der Waals surface area contributed by atoms with E-state index in [-0.39, 0.29) is 24.3 Å². The molecule has 0 saturated heterocycles. The molecule has 0 fully saturated rings. The number of carbonyl (C=O) groups excluding carboxylic acids is 1. The van der Waals surface area contributed by atoms with Crippen molar-refractivity contribution >= 4 is 11.8 Å². The number of nitrogens with two attached hydrogens (primary N) is 1. The van der Waals surface area contributed by atoms with Gasteiger partial charge in [-0.05, 0) is 18.2 Å². The largest absolute Gasteiger partial charge is 0.454 e. The topological polar surface area (TPSA) is 87.6 Å². The number of Topliss-reactive ketones (excluding diaryl/α,β-unsaturated/α-hetero) is 1. The Balaban J connectivity index is 2.12. The van der Waals surface area contributed by atoms with Crippen LogP contribution in [0.25, 0.3) is 11.3 Å². The van der Waals surface area contributed by atoms with Crippen molar-refractivity contribution in [3.8, 4) is 22.8 Å². The summed E-state index contributed by atoms with van der Waals surface area (Å²) in [6, 6.07) is 5.21. The number of aromatic nitrogens is 1. The van der Waals surface area contributed by atoms with Crippen molar-refractivity contribution in [1.29, 1.82) is 0 Å². The summed E-state index contributed by atoms with van der Waals surface area (Å²) in [5.41, 5.74) is 6.37. The van der Waals surface area contributed by atoms with Crippen LogP contribution in [0.15, 0.2) is 22.6 Å². The van der Waals surface area contributed by atoms with E-state index in [1.807, 2.05) is 0 Å². The zero-order valence-corrected chi connectivity index (χ0v) is 9.60. The first-order chi connectivity index (χ1) is 8.65. The van der Waals surface area contributed by atoms with E-state index in [9.17, 15) is 4.79 Å². The van der Waals surface area contributed by atoms with E-state index in [0.717, 1.165) is 0 Å². The molecule has 6 heteroatoms. The third-order valence-corrected chi connectivity index (χ3v) is 2.61. The fourth-order valence-electron chi connectivity index (χ4n) is 1.81. The fraction of sp³-hybridized carbons (Fsp3) is 0.167. The highest BCUT2D eigenvalue weighted by Crippen LogP contribution is 2.37. The second-order valence-electron chi connectivity index (χ2n) is 3.85. The number of nitrogens with zero attached hydrogens (tertiary/aromatic N) is 1. The Morgan fingerprint density at radius 1 is 1.33 bits per heavy atom. The number of benzene rings is 1. The van der Waals surface area contributed by atoms with E-state index in [2.05, 4.69) is 4.98 Å². The van der Waals surface area contributed by atoms with Gasteiger partial charge < -0.3 is 19.6 Å². The molecule has 0 saturated carbocycles. The number of anilines is 1. The van der Waals surface area contributed by atoms with Crippen LogP contribution < -0.4 is 15.2 Å². The zero-order valence-electron chi connectivity index (χ0n) is 9.60. The number of ether oxygens (including phenoxy) is 2. The molecule has 6 nitrogen and oxygen atoms in total. The number of ketones is 1. The fourth-order valence-corrected chi connectivity index (χ4v) is 1.81. The maximum atomic E-state index is 11.5. The highest BCUT2D eigenvalue weighted by Gasteiger charge is 2.20. The molecule has 2 N–H and O–H groups in total. The minimum absolute atomic E-state index is 0.0344. The lowest BCUT2D eigenvalue weighted by atomic mass is 10.1. The lowest BCUT2D eigenvalue weighted by Gasteiger charge is -2.00. The van der Waals surface area contributed by atoms with Gasteiger partial charge in [0, 0.05) is 12.5 Å². The van der Waals surface area contributed by atoms with E-state index in [1.165, 1.54) is 6.92 Å². The first-order valence-corrected chi connectivity index (χ1v) is 5.32. The van der Waals surface area contributed by atoms with Crippen LogP contribution in [0.2, 0.25) is 0 Å². The molecule has 2 heterocycles. The average molecular weight is 246 g/mol. The molecule has 0 amide bonds. The molecule has 0 spiro atoms. The second kappa shape index (κ2) is 3.76. The van der Waals surface area contributed by atoms with Crippen molar-refractivity contribution in [3.05, 3.63) is 23.9 Å². The average Bonchev–Trinajstić information content (AvgIpc) is 2.93. The lowest BCUT2D eigenvalue weighted by molar-refractivity contribution is 0.101. The number of hydrogen-bond acceptors (Lipinski definition) is 6. The molecule has 0 aliphatic carbocycles. The first-order valence-electron chi connectivity index (χ1n) is 5.32. The molecule has 1 aliphatic rings. The van der Waals surface area contributed by atoms with Crippen LogP contribution in [0, 0.1) is 0 Å². The first kappa shape index (κ1) is 10.6. The van der Waals surface area contributed by atoms with Crippen LogP contribution in [0.3, 0.4) is 0 Å². The standard InChI is InChI=1S/C12H10N2O4/c1-6(15)10-11(18-12(13)14-10)7-2-3-8-9(4-7)17-5-16-8/h2-4H,5H2,1H3,(H2,13,14). The molecule has 0 unspecified atom stereocenters. The number of hydrogen-bond donors (Lipinski definition) is 1. The highest BCUT2D eigenvalue weighted by atomic mass is 16.7. The van der Waals surface area contributed by atoms with Gasteiger partial charge in [-0.15, -0.1) is 0 Å². The Morgan fingerprint density at radius 3 is 2.89 bits per heavy atom. The quantitative estimate of drug-likeness (QED) is 0.813. The van der Waals surface area contributed by atoms with E-state index >= 15 is 0 Å². The summed E-state index contributed by atoms with van der Waals surface area (Å²) >= 11 is 0. The van der Waals surface area contributed by atoms with Gasteiger partial charge in [-0.25, -0.2) is 0 Å². The van der Waals surface area contributed by atoms with E-state index in [1.54, 1.807) is 18.2 Å². The predicted octanol–water partition coefficient (Wildman–Crippen LogP) is 1.86. The van der Waals surface area contributed by atoms with E-state index < -0.39 is 0 Å². The number of carbonyl (C=O) groups is 1. The third kappa shape index (κ3) is 1.58. The molecule has 2 aromatic rings. The normalized spacial score (nSPS) is 12.7. The van der Waals surface area contributed by atoms with Crippen molar-refractivity contribution in [2.45, 2.75) is 6.92 Å². The molecule has 1 aromatic heterocycles. The predicted molar refractivity (Wildman–Crippen MR) is 62.5 cm³/mol. The maximum Gasteiger partial charge on any atom is 0.293 e. The van der Waals surface area contributed by atoms with Gasteiger partial charge in [-0.3, -0.25) is 4.79 Å². The smallest absolute Gasteiger partial charge is 0.293 e. The summed E-state index contributed by atoms with van der Waals surface area (Å²) < 4.78 is 15.8. The molecule has 1 aliphatic heterocycles. The lowest BCUT2D eigenvalue weighted by Crippen LogP contribution is -1.95. The van der Waals surface area contributed by atoms with E-state index in [4.69, 9.17) is 19.6 Å². The monoisotopic (exact) mass is 246 g/mol. The molecule has 3 rings (SSSR count). The SMILES string of the molecule is CC(=O)c1nc(N)oc1-c1ccc2c(c1)OCO2. The van der Waals surface area contributed by atoms with Crippen LogP contribution in [0.5, 0.6) is 11.5 Å². The zero-order chi connectivity index (χ0) is 12.7. The summed E-state index contributed by atoms with van der Waals surface area (Å²) in [6.07, 6.45) is 0. The molecule has 0 bridgehead atoms.